The van der Waals surface area contributed by atoms with Crippen LogP contribution in [0.25, 0.3) is 0 Å². The predicted molar refractivity (Wildman–Crippen MR) is 103 cm³/mol. The molecule has 0 N–H and O–H groups in total. The van der Waals surface area contributed by atoms with Crippen LogP contribution in [0.4, 0.5) is 4.39 Å². The molecule has 0 saturated carbocycles. The molecule has 2 atom stereocenters. The van der Waals surface area contributed by atoms with Crippen LogP contribution in [0.2, 0.25) is 0 Å². The Hall–Kier alpha value is -1.89. The van der Waals surface area contributed by atoms with Gasteiger partial charge >= 0.3 is 0 Å². The van der Waals surface area contributed by atoms with E-state index in [4.69, 9.17) is 0 Å². The van der Waals surface area contributed by atoms with Crippen molar-refractivity contribution in [1.29, 1.82) is 0 Å². The zero-order chi connectivity index (χ0) is 17.2. The number of halogens is 1. The fourth-order valence-electron chi connectivity index (χ4n) is 4.71. The number of rotatable bonds is 3. The van der Waals surface area contributed by atoms with E-state index in [1.165, 1.54) is 43.2 Å². The number of hydrogen-bond donors (Lipinski definition) is 0. The van der Waals surface area contributed by atoms with Crippen LogP contribution in [0.15, 0.2) is 48.6 Å². The first kappa shape index (κ1) is 16.6. The Labute approximate surface area is 150 Å². The van der Waals surface area contributed by atoms with Gasteiger partial charge in [0, 0.05) is 0 Å². The molecule has 130 valence electrons. The molecule has 0 bridgehead atoms. The van der Waals surface area contributed by atoms with Crippen molar-refractivity contribution in [3.63, 3.8) is 0 Å². The summed E-state index contributed by atoms with van der Waals surface area (Å²) in [6.07, 6.45) is 13.1. The fraction of sp³-hybridized carbons (Fsp3) is 0.417. The zero-order valence-corrected chi connectivity index (χ0v) is 15.1. The van der Waals surface area contributed by atoms with Gasteiger partial charge < -0.3 is 0 Å². The minimum atomic E-state index is -0.138. The Morgan fingerprint density at radius 1 is 0.920 bits per heavy atom. The molecule has 0 nitrogen and oxygen atoms in total. The minimum Gasteiger partial charge on any atom is -0.207 e. The average molecular weight is 334 g/mol. The molecule has 0 fully saturated rings. The van der Waals surface area contributed by atoms with Crippen LogP contribution < -0.4 is 0 Å². The molecule has 0 amide bonds. The highest BCUT2D eigenvalue weighted by Gasteiger charge is 2.26. The summed E-state index contributed by atoms with van der Waals surface area (Å²) in [6, 6.07) is 11.9. The summed E-state index contributed by atoms with van der Waals surface area (Å²) in [5.41, 5.74) is 7.68. The molecule has 0 heterocycles. The average Bonchev–Trinajstić information content (AvgIpc) is 2.66. The third-order valence-corrected chi connectivity index (χ3v) is 6.07. The van der Waals surface area contributed by atoms with Gasteiger partial charge in [-0.15, -0.1) is 0 Å². The second-order valence-corrected chi connectivity index (χ2v) is 7.67. The van der Waals surface area contributed by atoms with E-state index in [2.05, 4.69) is 31.2 Å². The van der Waals surface area contributed by atoms with Gasteiger partial charge in [0.15, 0.2) is 0 Å². The molecule has 25 heavy (non-hydrogen) atoms. The number of fused-ring (bicyclic) bond motifs is 3. The van der Waals surface area contributed by atoms with E-state index >= 15 is 0 Å². The molecule has 0 aromatic heterocycles. The summed E-state index contributed by atoms with van der Waals surface area (Å²) in [4.78, 5) is 0. The topological polar surface area (TPSA) is 0 Å². The summed E-state index contributed by atoms with van der Waals surface area (Å²) < 4.78 is 13.2. The van der Waals surface area contributed by atoms with E-state index in [-0.39, 0.29) is 5.82 Å². The first-order chi connectivity index (χ1) is 12.2. The van der Waals surface area contributed by atoms with Gasteiger partial charge in [-0.3, -0.25) is 0 Å². The van der Waals surface area contributed by atoms with Crippen LogP contribution in [-0.2, 0) is 25.7 Å². The van der Waals surface area contributed by atoms with Crippen LogP contribution in [0.5, 0.6) is 0 Å². The van der Waals surface area contributed by atoms with Crippen molar-refractivity contribution in [1.82, 2.24) is 0 Å². The maximum Gasteiger partial charge on any atom is 0.123 e. The SMILES string of the molecule is CC/C=C/[C@H]1CCc2c(ccc3c2CC[C@H](c2ccc(F)cc2)C3)C1. The van der Waals surface area contributed by atoms with Gasteiger partial charge in [-0.1, -0.05) is 43.3 Å². The monoisotopic (exact) mass is 334 g/mol. The Kier molecular flexibility index (Phi) is 4.74. The highest BCUT2D eigenvalue weighted by molar-refractivity contribution is 5.45. The lowest BCUT2D eigenvalue weighted by atomic mass is 9.74. The van der Waals surface area contributed by atoms with Crippen molar-refractivity contribution in [2.45, 2.75) is 57.8 Å². The molecule has 2 aromatic carbocycles. The van der Waals surface area contributed by atoms with Gasteiger partial charge in [0.2, 0.25) is 0 Å². The number of allylic oxidation sites excluding steroid dienone is 2. The highest BCUT2D eigenvalue weighted by Crippen LogP contribution is 2.38. The van der Waals surface area contributed by atoms with Crippen molar-refractivity contribution < 1.29 is 4.39 Å². The Morgan fingerprint density at radius 3 is 2.32 bits per heavy atom. The normalized spacial score (nSPS) is 22.6. The summed E-state index contributed by atoms with van der Waals surface area (Å²) in [5, 5.41) is 0. The summed E-state index contributed by atoms with van der Waals surface area (Å²) in [6.45, 7) is 2.21. The molecule has 2 aromatic rings. The molecule has 1 heteroatoms. The predicted octanol–water partition coefficient (Wildman–Crippen LogP) is 6.17. The van der Waals surface area contributed by atoms with Gasteiger partial charge in [-0.05, 0) is 96.7 Å². The van der Waals surface area contributed by atoms with Crippen molar-refractivity contribution in [2.75, 3.05) is 0 Å². The first-order valence-electron chi connectivity index (χ1n) is 9.79. The Morgan fingerprint density at radius 2 is 1.60 bits per heavy atom. The van der Waals surface area contributed by atoms with Crippen LogP contribution in [-0.4, -0.2) is 0 Å². The first-order valence-corrected chi connectivity index (χ1v) is 9.79. The van der Waals surface area contributed by atoms with Gasteiger partial charge in [0.25, 0.3) is 0 Å². The van der Waals surface area contributed by atoms with E-state index in [0.717, 1.165) is 18.8 Å². The van der Waals surface area contributed by atoms with Crippen molar-refractivity contribution in [3.05, 3.63) is 82.2 Å². The van der Waals surface area contributed by atoms with Crippen LogP contribution >= 0.6 is 0 Å². The number of hydrogen-bond acceptors (Lipinski definition) is 0. The maximum atomic E-state index is 13.2. The second kappa shape index (κ2) is 7.15. The van der Waals surface area contributed by atoms with Crippen LogP contribution in [0.3, 0.4) is 0 Å². The standard InChI is InChI=1S/C24H27F/c1-2-3-4-17-5-13-23-20(15-17)6-7-21-16-19(10-14-24(21)23)18-8-11-22(25)12-9-18/h3-4,6-9,11-12,17,19H,2,5,10,13-16H2,1H3/b4-3+/t17-,19-/m0/s1. The zero-order valence-electron chi connectivity index (χ0n) is 15.1. The molecule has 2 aliphatic rings. The van der Waals surface area contributed by atoms with Gasteiger partial charge in [-0.25, -0.2) is 4.39 Å². The van der Waals surface area contributed by atoms with E-state index in [9.17, 15) is 4.39 Å². The van der Waals surface area contributed by atoms with E-state index < -0.39 is 0 Å². The van der Waals surface area contributed by atoms with Crippen LogP contribution in [0.1, 0.15) is 59.9 Å². The molecule has 2 aliphatic carbocycles. The highest BCUT2D eigenvalue weighted by atomic mass is 19.1. The van der Waals surface area contributed by atoms with E-state index in [0.29, 0.717) is 5.92 Å². The summed E-state index contributed by atoms with van der Waals surface area (Å²) in [5.74, 6) is 1.12. The molecular weight excluding hydrogens is 307 g/mol. The lowest BCUT2D eigenvalue weighted by molar-refractivity contribution is 0.533. The van der Waals surface area contributed by atoms with Gasteiger partial charge in [-0.2, -0.15) is 0 Å². The number of benzene rings is 2. The van der Waals surface area contributed by atoms with Gasteiger partial charge in [0.1, 0.15) is 5.82 Å². The maximum absolute atomic E-state index is 13.2. The molecule has 0 unspecified atom stereocenters. The largest absolute Gasteiger partial charge is 0.207 e. The Balaban J connectivity index is 1.55. The van der Waals surface area contributed by atoms with Crippen LogP contribution in [0, 0.1) is 11.7 Å². The second-order valence-electron chi connectivity index (χ2n) is 7.67. The van der Waals surface area contributed by atoms with E-state index in [1.807, 2.05) is 12.1 Å². The third kappa shape index (κ3) is 3.42. The van der Waals surface area contributed by atoms with E-state index in [1.54, 1.807) is 28.8 Å². The molecule has 0 aliphatic heterocycles. The minimum absolute atomic E-state index is 0.138. The molecule has 0 radical (unpaired) electrons. The molecule has 0 spiro atoms. The lowest BCUT2D eigenvalue weighted by Crippen LogP contribution is -2.20. The van der Waals surface area contributed by atoms with Crippen molar-refractivity contribution in [3.8, 4) is 0 Å². The third-order valence-electron chi connectivity index (χ3n) is 6.07. The smallest absolute Gasteiger partial charge is 0.123 e. The molecule has 0 saturated heterocycles. The molecule has 4 rings (SSSR count). The lowest BCUT2D eigenvalue weighted by Gasteiger charge is -2.31. The molecular formula is C24H27F. The quantitative estimate of drug-likeness (QED) is 0.589. The Bertz CT molecular complexity index is 769. The van der Waals surface area contributed by atoms with Crippen molar-refractivity contribution >= 4 is 0 Å². The van der Waals surface area contributed by atoms with Crippen molar-refractivity contribution in [2.24, 2.45) is 5.92 Å². The summed E-state index contributed by atoms with van der Waals surface area (Å²) >= 11 is 0. The summed E-state index contributed by atoms with van der Waals surface area (Å²) in [7, 11) is 0. The fourth-order valence-corrected chi connectivity index (χ4v) is 4.71. The van der Waals surface area contributed by atoms with Gasteiger partial charge in [0.05, 0.1) is 0 Å².